The molecule has 1 rings (SSSR count). The van der Waals surface area contributed by atoms with Gasteiger partial charge in [-0.3, -0.25) is 4.79 Å². The van der Waals surface area contributed by atoms with E-state index < -0.39 is 34.0 Å². The van der Waals surface area contributed by atoms with Gasteiger partial charge in [-0.1, -0.05) is 56.3 Å². The highest BCUT2D eigenvalue weighted by molar-refractivity contribution is 6.35. The van der Waals surface area contributed by atoms with Gasteiger partial charge in [0.2, 0.25) is 5.78 Å². The highest BCUT2D eigenvalue weighted by atomic mass is 35.5. The molecule has 5 nitrogen and oxygen atoms in total. The quantitative estimate of drug-likeness (QED) is 0.0522. The largest absolute Gasteiger partial charge is 0.462 e. The Morgan fingerprint density at radius 1 is 1.18 bits per heavy atom. The minimum Gasteiger partial charge on any atom is -0.462 e. The molecule has 0 atom stereocenters. The van der Waals surface area contributed by atoms with Crippen LogP contribution in [0, 0.1) is 11.6 Å². The summed E-state index contributed by atoms with van der Waals surface area (Å²) in [6.45, 7) is 15.7. The molecule has 0 saturated heterocycles. The molecule has 0 radical (unpaired) electrons. The number of halogens is 3. The Bertz CT molecular complexity index is 969. The first-order valence-corrected chi connectivity index (χ1v) is 11.3. The van der Waals surface area contributed by atoms with Gasteiger partial charge in [-0.05, 0) is 46.5 Å². The van der Waals surface area contributed by atoms with Crippen molar-refractivity contribution in [3.05, 3.63) is 76.5 Å². The van der Waals surface area contributed by atoms with Crippen molar-refractivity contribution in [3.63, 3.8) is 0 Å². The predicted octanol–water partition coefficient (Wildman–Crippen LogP) is 6.35. The molecule has 0 aromatic heterocycles. The number of rotatable bonds is 11. The molecule has 0 saturated carbocycles. The minimum atomic E-state index is -1.32. The molecule has 1 aromatic rings. The van der Waals surface area contributed by atoms with Crippen LogP contribution in [0.4, 0.5) is 14.5 Å². The van der Waals surface area contributed by atoms with E-state index in [-0.39, 0.29) is 17.9 Å². The van der Waals surface area contributed by atoms with Gasteiger partial charge in [-0.2, -0.15) is 0 Å². The number of ketones is 1. The number of esters is 1. The Morgan fingerprint density at radius 3 is 2.26 bits per heavy atom. The normalized spacial score (nSPS) is 11.2. The lowest BCUT2D eigenvalue weighted by atomic mass is 10.0. The Morgan fingerprint density at radius 2 is 1.76 bits per heavy atom. The number of Topliss-reactive ketones (excluding diaryl/α,β-unsaturated/α-hetero) is 1. The second kappa shape index (κ2) is 15.2. The molecule has 0 aliphatic heterocycles. The van der Waals surface area contributed by atoms with Gasteiger partial charge >= 0.3 is 5.97 Å². The van der Waals surface area contributed by atoms with E-state index >= 15 is 0 Å². The van der Waals surface area contributed by atoms with Crippen molar-refractivity contribution in [3.8, 4) is 0 Å². The van der Waals surface area contributed by atoms with Crippen molar-refractivity contribution >= 4 is 29.0 Å². The van der Waals surface area contributed by atoms with E-state index in [4.69, 9.17) is 16.3 Å². The molecule has 1 aromatic carbocycles. The maximum absolute atomic E-state index is 14.2. The van der Waals surface area contributed by atoms with E-state index in [1.54, 1.807) is 13.0 Å². The van der Waals surface area contributed by atoms with Gasteiger partial charge in [-0.25, -0.2) is 13.6 Å². The van der Waals surface area contributed by atoms with Crippen LogP contribution >= 0.6 is 11.6 Å². The summed E-state index contributed by atoms with van der Waals surface area (Å²) >= 11 is 6.06. The topological polar surface area (TPSA) is 49.9 Å². The van der Waals surface area contributed by atoms with Crippen LogP contribution in [0.3, 0.4) is 0 Å². The van der Waals surface area contributed by atoms with E-state index in [9.17, 15) is 18.4 Å². The number of likely N-dealkylation sites (N-methyl/N-ethyl adjacent to an activating group) is 2. The number of carbonyl (C=O) groups is 2. The lowest BCUT2D eigenvalue weighted by Gasteiger charge is -2.24. The number of ether oxygens (including phenoxy) is 1. The van der Waals surface area contributed by atoms with Crippen LogP contribution in [-0.2, 0) is 9.53 Å². The van der Waals surface area contributed by atoms with Gasteiger partial charge < -0.3 is 14.5 Å². The third kappa shape index (κ3) is 8.54. The third-order valence-corrected chi connectivity index (χ3v) is 4.91. The fourth-order valence-corrected chi connectivity index (χ4v) is 3.16. The van der Waals surface area contributed by atoms with Crippen LogP contribution in [0.15, 0.2) is 54.3 Å². The molecule has 188 valence electrons. The number of hydrogen-bond acceptors (Lipinski definition) is 5. The molecule has 0 aliphatic carbocycles. The Labute approximate surface area is 207 Å². The van der Waals surface area contributed by atoms with Crippen molar-refractivity contribution in [1.29, 1.82) is 0 Å². The van der Waals surface area contributed by atoms with Crippen LogP contribution < -0.4 is 4.90 Å². The Balaban J connectivity index is 0.00000529. The molecule has 0 spiro atoms. The molecule has 0 N–H and O–H groups in total. The van der Waals surface area contributed by atoms with Crippen molar-refractivity contribution < 1.29 is 23.1 Å². The number of carbonyl (C=O) groups excluding carboxylic acids is 2. The molecular formula is C26H35ClF2N2O3. The van der Waals surface area contributed by atoms with E-state index in [2.05, 4.69) is 13.2 Å². The lowest BCUT2D eigenvalue weighted by Crippen LogP contribution is -2.22. The van der Waals surface area contributed by atoms with Gasteiger partial charge in [0.15, 0.2) is 11.6 Å². The summed E-state index contributed by atoms with van der Waals surface area (Å²) in [4.78, 5) is 28.2. The molecule has 0 aliphatic rings. The lowest BCUT2D eigenvalue weighted by molar-refractivity contribution is -0.138. The summed E-state index contributed by atoms with van der Waals surface area (Å²) < 4.78 is 33.1. The number of hydrogen-bond donors (Lipinski definition) is 0. The second-order valence-corrected chi connectivity index (χ2v) is 7.63. The van der Waals surface area contributed by atoms with Gasteiger partial charge in [-0.15, -0.1) is 0 Å². The number of allylic oxidation sites excluding steroid dienone is 3. The number of benzene rings is 1. The fraction of sp³-hybridized carbons (Fsp3) is 0.385. The van der Waals surface area contributed by atoms with Crippen LogP contribution in [0.25, 0.3) is 0 Å². The Hall–Kier alpha value is -2.77. The molecule has 8 heteroatoms. The van der Waals surface area contributed by atoms with Crippen LogP contribution in [0.2, 0.25) is 5.02 Å². The Kier molecular flexibility index (Phi) is 14.0. The van der Waals surface area contributed by atoms with Gasteiger partial charge in [0.1, 0.15) is 10.6 Å². The van der Waals surface area contributed by atoms with Gasteiger partial charge in [0, 0.05) is 19.3 Å². The van der Waals surface area contributed by atoms with E-state index in [0.29, 0.717) is 18.2 Å². The highest BCUT2D eigenvalue weighted by Gasteiger charge is 2.28. The second-order valence-electron chi connectivity index (χ2n) is 7.25. The molecule has 34 heavy (non-hydrogen) atoms. The highest BCUT2D eigenvalue weighted by Crippen LogP contribution is 2.36. The van der Waals surface area contributed by atoms with Crippen LogP contribution in [-0.4, -0.2) is 50.9 Å². The smallest absolute Gasteiger partial charge is 0.341 e. The van der Waals surface area contributed by atoms with Crippen molar-refractivity contribution in [2.75, 3.05) is 39.2 Å². The SMILES string of the molecule is C=C(C(=O)OCC)C(=O)c1cc(F)c(F)c(Cl)c1N(C)C(=C)/C=C\C/C(=C\C)CN(C)C.CC. The molecular weight excluding hydrogens is 462 g/mol. The standard InChI is InChI=1S/C24H29ClF2N2O3.C2H6/c1-8-17(14-28(5)6)12-10-11-15(3)29(7)22-18(13-19(26)21(27)20(22)25)23(30)16(4)24(31)32-9-2;1-2/h8,10-11,13H,3-4,9,12,14H2,1-2,5-7H3;1-2H3/b11-10-,17-8+;. The summed E-state index contributed by atoms with van der Waals surface area (Å²) in [5.74, 6) is -4.52. The zero-order chi connectivity index (χ0) is 26.6. The maximum atomic E-state index is 14.2. The summed E-state index contributed by atoms with van der Waals surface area (Å²) in [7, 11) is 5.44. The molecule has 0 fully saturated rings. The predicted molar refractivity (Wildman–Crippen MR) is 136 cm³/mol. The first-order chi connectivity index (χ1) is 16.0. The molecule has 0 heterocycles. The van der Waals surface area contributed by atoms with E-state index in [0.717, 1.165) is 6.54 Å². The number of nitrogens with zero attached hydrogens (tertiary/aromatic N) is 2. The van der Waals surface area contributed by atoms with E-state index in [1.165, 1.54) is 17.5 Å². The van der Waals surface area contributed by atoms with Crippen LogP contribution in [0.5, 0.6) is 0 Å². The maximum Gasteiger partial charge on any atom is 0.341 e. The zero-order valence-electron chi connectivity index (χ0n) is 21.1. The zero-order valence-corrected chi connectivity index (χ0v) is 21.9. The molecule has 0 amide bonds. The third-order valence-electron chi connectivity index (χ3n) is 4.56. The molecule has 0 bridgehead atoms. The van der Waals surface area contributed by atoms with Crippen molar-refractivity contribution in [2.45, 2.75) is 34.1 Å². The summed E-state index contributed by atoms with van der Waals surface area (Å²) in [6, 6.07) is 0.686. The van der Waals surface area contributed by atoms with Crippen LogP contribution in [0.1, 0.15) is 44.5 Å². The monoisotopic (exact) mass is 496 g/mol. The summed E-state index contributed by atoms with van der Waals surface area (Å²) in [6.07, 6.45) is 6.22. The molecule has 0 unspecified atom stereocenters. The van der Waals surface area contributed by atoms with Crippen molar-refractivity contribution in [2.24, 2.45) is 0 Å². The minimum absolute atomic E-state index is 0.0278. The van der Waals surface area contributed by atoms with Gasteiger partial charge in [0.25, 0.3) is 0 Å². The fourth-order valence-electron chi connectivity index (χ4n) is 2.84. The summed E-state index contributed by atoms with van der Waals surface area (Å²) in [5, 5.41) is -0.608. The van der Waals surface area contributed by atoms with E-state index in [1.807, 2.05) is 51.9 Å². The summed E-state index contributed by atoms with van der Waals surface area (Å²) in [5.41, 5.74) is 0.565. The van der Waals surface area contributed by atoms with Gasteiger partial charge in [0.05, 0.1) is 17.9 Å². The average molecular weight is 497 g/mol. The first-order valence-electron chi connectivity index (χ1n) is 10.9. The number of anilines is 1. The van der Waals surface area contributed by atoms with Crippen molar-refractivity contribution in [1.82, 2.24) is 4.90 Å². The first kappa shape index (κ1) is 31.2. The average Bonchev–Trinajstić information content (AvgIpc) is 2.81.